The van der Waals surface area contributed by atoms with E-state index in [0.29, 0.717) is 12.3 Å². The van der Waals surface area contributed by atoms with Crippen LogP contribution in [0.2, 0.25) is 0 Å². The smallest absolute Gasteiger partial charge is 0.322 e. The lowest BCUT2D eigenvalue weighted by molar-refractivity contribution is 0.102. The number of nitrogens with one attached hydrogen (secondary N) is 1. The molecule has 0 aliphatic rings. The molecule has 1 heterocycles. The minimum atomic E-state index is -3.39. The number of thioether (sulfide) groups is 1. The average molecular weight is 418 g/mol. The van der Waals surface area contributed by atoms with Crippen molar-refractivity contribution >= 4 is 33.5 Å². The monoisotopic (exact) mass is 417 g/mol. The number of hydrogen-bond acceptors (Lipinski definition) is 7. The normalized spacial score (nSPS) is 11.3. The highest BCUT2D eigenvalue weighted by atomic mass is 32.2. The molecule has 146 valence electrons. The lowest BCUT2D eigenvalue weighted by Gasteiger charge is -2.04. The molecule has 2 aromatic carbocycles. The number of benzene rings is 2. The molecule has 3 aromatic rings. The summed E-state index contributed by atoms with van der Waals surface area (Å²) < 4.78 is 29.4. The van der Waals surface area contributed by atoms with Crippen molar-refractivity contribution in [3.8, 4) is 0 Å². The van der Waals surface area contributed by atoms with E-state index in [-0.39, 0.29) is 22.2 Å². The molecule has 0 fully saturated rings. The number of hydrogen-bond donors (Lipinski definition) is 1. The Morgan fingerprint density at radius 2 is 1.89 bits per heavy atom. The number of amides is 1. The molecule has 0 unspecified atom stereocenters. The fourth-order valence-corrected chi connectivity index (χ4v) is 4.13. The zero-order valence-corrected chi connectivity index (χ0v) is 16.8. The predicted octanol–water partition coefficient (Wildman–Crippen LogP) is 3.45. The second kappa shape index (κ2) is 9.03. The number of nitrogens with zero attached hydrogens (tertiary/aromatic N) is 2. The Hall–Kier alpha value is -2.65. The maximum Gasteiger partial charge on any atom is 0.322 e. The molecule has 28 heavy (non-hydrogen) atoms. The molecule has 0 spiro atoms. The predicted molar refractivity (Wildman–Crippen MR) is 107 cm³/mol. The van der Waals surface area contributed by atoms with Crippen molar-refractivity contribution in [3.63, 3.8) is 0 Å². The van der Waals surface area contributed by atoms with Crippen LogP contribution in [0.3, 0.4) is 0 Å². The quantitative estimate of drug-likeness (QED) is 0.560. The van der Waals surface area contributed by atoms with Crippen molar-refractivity contribution in [2.75, 3.05) is 16.8 Å². The summed E-state index contributed by atoms with van der Waals surface area (Å²) in [5.74, 6) is 0.630. The number of carbonyl (C=O) groups is 1. The minimum Gasteiger partial charge on any atom is -0.408 e. The summed E-state index contributed by atoms with van der Waals surface area (Å²) in [5.41, 5.74) is 0.203. The summed E-state index contributed by atoms with van der Waals surface area (Å²) >= 11 is 1.67. The van der Waals surface area contributed by atoms with Gasteiger partial charge in [-0.05, 0) is 30.3 Å². The Morgan fingerprint density at radius 3 is 2.64 bits per heavy atom. The first-order valence-electron chi connectivity index (χ1n) is 8.62. The van der Waals surface area contributed by atoms with Crippen LogP contribution in [-0.4, -0.2) is 36.0 Å². The Kier molecular flexibility index (Phi) is 6.48. The number of aromatic nitrogens is 2. The molecule has 9 heteroatoms. The third kappa shape index (κ3) is 5.20. The molecule has 0 aliphatic heterocycles. The van der Waals surface area contributed by atoms with Gasteiger partial charge in [0.15, 0.2) is 9.84 Å². The van der Waals surface area contributed by atoms with Crippen LogP contribution in [0.1, 0.15) is 23.2 Å². The maximum absolute atomic E-state index is 12.4. The van der Waals surface area contributed by atoms with Crippen LogP contribution in [0, 0.1) is 0 Å². The first kappa shape index (κ1) is 20.1. The zero-order chi connectivity index (χ0) is 20.0. The Morgan fingerprint density at radius 1 is 1.11 bits per heavy atom. The average Bonchev–Trinajstić information content (AvgIpc) is 3.16. The molecule has 0 atom stereocenters. The van der Waals surface area contributed by atoms with Gasteiger partial charge in [-0.25, -0.2) is 8.42 Å². The van der Waals surface area contributed by atoms with Crippen LogP contribution < -0.4 is 5.32 Å². The van der Waals surface area contributed by atoms with Crippen molar-refractivity contribution in [1.82, 2.24) is 10.2 Å². The first-order valence-corrected chi connectivity index (χ1v) is 11.3. The number of carbonyl (C=O) groups excluding carboxylic acids is 1. The molecule has 0 saturated carbocycles. The fraction of sp³-hybridized carbons (Fsp3) is 0.211. The second-order valence-electron chi connectivity index (χ2n) is 5.80. The van der Waals surface area contributed by atoms with Crippen molar-refractivity contribution in [1.29, 1.82) is 0 Å². The van der Waals surface area contributed by atoms with Crippen LogP contribution >= 0.6 is 11.8 Å². The van der Waals surface area contributed by atoms with Crippen LogP contribution in [0.5, 0.6) is 0 Å². The molecule has 0 saturated heterocycles. The van der Waals surface area contributed by atoms with Gasteiger partial charge < -0.3 is 4.42 Å². The summed E-state index contributed by atoms with van der Waals surface area (Å²) in [6.07, 6.45) is 0.562. The molecule has 0 bridgehead atoms. The molecule has 1 N–H and O–H groups in total. The topological polar surface area (TPSA) is 102 Å². The summed E-state index contributed by atoms with van der Waals surface area (Å²) in [6, 6.07) is 15.8. The lowest BCUT2D eigenvalue weighted by atomic mass is 10.2. The van der Waals surface area contributed by atoms with Gasteiger partial charge >= 0.3 is 6.01 Å². The van der Waals surface area contributed by atoms with Gasteiger partial charge in [0, 0.05) is 22.6 Å². The number of anilines is 1. The van der Waals surface area contributed by atoms with E-state index in [1.165, 1.54) is 24.3 Å². The largest absolute Gasteiger partial charge is 0.408 e. The van der Waals surface area contributed by atoms with Crippen LogP contribution in [-0.2, 0) is 16.3 Å². The van der Waals surface area contributed by atoms with Gasteiger partial charge in [0.1, 0.15) is 0 Å². The highest BCUT2D eigenvalue weighted by Crippen LogP contribution is 2.19. The summed E-state index contributed by atoms with van der Waals surface area (Å²) in [6.45, 7) is 1.55. The maximum atomic E-state index is 12.4. The van der Waals surface area contributed by atoms with E-state index in [4.69, 9.17) is 4.42 Å². The van der Waals surface area contributed by atoms with E-state index in [9.17, 15) is 13.2 Å². The minimum absolute atomic E-state index is 0.0199. The van der Waals surface area contributed by atoms with E-state index < -0.39 is 15.7 Å². The van der Waals surface area contributed by atoms with E-state index in [1.807, 2.05) is 30.3 Å². The Labute approximate surface area is 167 Å². The molecule has 7 nitrogen and oxygen atoms in total. The van der Waals surface area contributed by atoms with Gasteiger partial charge in [0.2, 0.25) is 5.89 Å². The third-order valence-corrected chi connectivity index (χ3v) is 6.60. The van der Waals surface area contributed by atoms with Gasteiger partial charge in [-0.3, -0.25) is 10.1 Å². The van der Waals surface area contributed by atoms with Crippen molar-refractivity contribution in [2.24, 2.45) is 0 Å². The lowest BCUT2D eigenvalue weighted by Crippen LogP contribution is -2.13. The van der Waals surface area contributed by atoms with Crippen LogP contribution in [0.25, 0.3) is 0 Å². The Bertz CT molecular complexity index is 1050. The van der Waals surface area contributed by atoms with E-state index in [0.717, 1.165) is 10.6 Å². The number of aryl methyl sites for hydroxylation is 1. The molecule has 1 aromatic heterocycles. The standard InChI is InChI=1S/C19H19N3O4S2/c1-2-28(24,25)16-10-6-7-14(13-16)18(23)20-19-22-21-17(26-19)11-12-27-15-8-4-3-5-9-15/h3-10,13H,2,11-12H2,1H3,(H,20,22,23). The summed E-state index contributed by atoms with van der Waals surface area (Å²) in [5, 5.41) is 10.2. The third-order valence-electron chi connectivity index (χ3n) is 3.85. The second-order valence-corrected chi connectivity index (χ2v) is 9.24. The Balaban J connectivity index is 1.59. The molecular formula is C19H19N3O4S2. The molecule has 0 radical (unpaired) electrons. The first-order chi connectivity index (χ1) is 13.5. The number of rotatable bonds is 8. The molecule has 0 aliphatic carbocycles. The van der Waals surface area contributed by atoms with Gasteiger partial charge in [0.05, 0.1) is 10.6 Å². The molecular weight excluding hydrogens is 398 g/mol. The van der Waals surface area contributed by atoms with Crippen molar-refractivity contribution < 1.29 is 17.6 Å². The summed E-state index contributed by atoms with van der Waals surface area (Å²) in [4.78, 5) is 13.6. The van der Waals surface area contributed by atoms with Gasteiger partial charge in [-0.15, -0.1) is 16.9 Å². The summed E-state index contributed by atoms with van der Waals surface area (Å²) in [7, 11) is -3.39. The van der Waals surface area contributed by atoms with Crippen molar-refractivity contribution in [3.05, 3.63) is 66.1 Å². The van der Waals surface area contributed by atoms with Crippen LogP contribution in [0.15, 0.2) is 68.8 Å². The van der Waals surface area contributed by atoms with Gasteiger partial charge in [-0.1, -0.05) is 36.3 Å². The highest BCUT2D eigenvalue weighted by molar-refractivity contribution is 7.99. The van der Waals surface area contributed by atoms with Crippen LogP contribution in [0.4, 0.5) is 6.01 Å². The van der Waals surface area contributed by atoms with E-state index in [1.54, 1.807) is 18.7 Å². The fourth-order valence-electron chi connectivity index (χ4n) is 2.34. The van der Waals surface area contributed by atoms with Gasteiger partial charge in [0.25, 0.3) is 5.91 Å². The molecule has 3 rings (SSSR count). The molecule has 1 amide bonds. The number of sulfone groups is 1. The van der Waals surface area contributed by atoms with Gasteiger partial charge in [-0.2, -0.15) is 0 Å². The SMILES string of the molecule is CCS(=O)(=O)c1cccc(C(=O)Nc2nnc(CCSc3ccccc3)o2)c1. The van der Waals surface area contributed by atoms with E-state index in [2.05, 4.69) is 15.5 Å². The van der Waals surface area contributed by atoms with Crippen molar-refractivity contribution in [2.45, 2.75) is 23.1 Å². The zero-order valence-electron chi connectivity index (χ0n) is 15.2. The van der Waals surface area contributed by atoms with E-state index >= 15 is 0 Å². The highest BCUT2D eigenvalue weighted by Gasteiger charge is 2.16.